The van der Waals surface area contributed by atoms with Crippen molar-refractivity contribution < 1.29 is 9.53 Å². The molecule has 3 nitrogen and oxygen atoms in total. The van der Waals surface area contributed by atoms with Gasteiger partial charge in [0.15, 0.2) is 5.60 Å². The topological polar surface area (TPSA) is 29.5 Å². The van der Waals surface area contributed by atoms with Crippen molar-refractivity contribution in [2.75, 3.05) is 7.05 Å². The van der Waals surface area contributed by atoms with E-state index in [2.05, 4.69) is 37.9 Å². The molecule has 4 heteroatoms. The van der Waals surface area contributed by atoms with Crippen LogP contribution in [0.3, 0.4) is 0 Å². The quantitative estimate of drug-likeness (QED) is 0.801. The molecular formula is C16H24ClNO2. The van der Waals surface area contributed by atoms with Gasteiger partial charge in [-0.05, 0) is 26.5 Å². The van der Waals surface area contributed by atoms with Gasteiger partial charge in [-0.2, -0.15) is 0 Å². The number of carbonyl (C=O) groups is 1. The highest BCUT2D eigenvalue weighted by molar-refractivity contribution is 5.85. The second-order valence-electron chi connectivity index (χ2n) is 5.48. The van der Waals surface area contributed by atoms with Crippen molar-refractivity contribution in [1.82, 2.24) is 4.90 Å². The highest BCUT2D eigenvalue weighted by Crippen LogP contribution is 2.43. The molecule has 1 saturated heterocycles. The van der Waals surface area contributed by atoms with Crippen LogP contribution in [0, 0.1) is 0 Å². The minimum Gasteiger partial charge on any atom is -0.452 e. The summed E-state index contributed by atoms with van der Waals surface area (Å²) in [5.41, 5.74) is 0.586. The zero-order valence-electron chi connectivity index (χ0n) is 12.6. The van der Waals surface area contributed by atoms with E-state index < -0.39 is 5.60 Å². The Bertz CT molecular complexity index is 451. The van der Waals surface area contributed by atoms with Gasteiger partial charge in [0, 0.05) is 18.9 Å². The van der Waals surface area contributed by atoms with E-state index in [1.165, 1.54) is 0 Å². The molecule has 3 atom stereocenters. The molecule has 1 aliphatic heterocycles. The second-order valence-corrected chi connectivity index (χ2v) is 5.48. The molecule has 3 unspecified atom stereocenters. The Morgan fingerprint density at radius 2 is 1.95 bits per heavy atom. The van der Waals surface area contributed by atoms with Crippen molar-refractivity contribution >= 4 is 18.4 Å². The minimum atomic E-state index is -0.511. The largest absolute Gasteiger partial charge is 0.452 e. The Labute approximate surface area is 127 Å². The molecule has 112 valence electrons. The first-order valence-electron chi connectivity index (χ1n) is 7.00. The fourth-order valence-corrected chi connectivity index (χ4v) is 3.00. The summed E-state index contributed by atoms with van der Waals surface area (Å²) in [7, 11) is 2.10. The van der Waals surface area contributed by atoms with E-state index in [1.54, 1.807) is 0 Å². The van der Waals surface area contributed by atoms with Crippen molar-refractivity contribution in [3.8, 4) is 0 Å². The van der Waals surface area contributed by atoms with Gasteiger partial charge in [0.1, 0.15) is 0 Å². The standard InChI is InChI=1S/C16H23NO2.ClH/c1-5-15(18)19-16(14-9-7-6-8-10-14)11-12(2)17(4)13(16)3;/h6-10,12-13H,5,11H2,1-4H3;1H. The summed E-state index contributed by atoms with van der Waals surface area (Å²) < 4.78 is 5.91. The van der Waals surface area contributed by atoms with Crippen LogP contribution in [-0.2, 0) is 15.1 Å². The predicted octanol–water partition coefficient (Wildman–Crippen LogP) is 3.37. The first-order valence-corrected chi connectivity index (χ1v) is 7.00. The number of likely N-dealkylation sites (N-methyl/N-ethyl adjacent to an activating group) is 1. The number of hydrogen-bond donors (Lipinski definition) is 0. The molecule has 0 spiro atoms. The van der Waals surface area contributed by atoms with Crippen LogP contribution in [0.15, 0.2) is 30.3 Å². The number of carbonyl (C=O) groups excluding carboxylic acids is 1. The van der Waals surface area contributed by atoms with E-state index in [0.717, 1.165) is 12.0 Å². The molecule has 1 aromatic carbocycles. The van der Waals surface area contributed by atoms with Gasteiger partial charge in [-0.1, -0.05) is 37.3 Å². The smallest absolute Gasteiger partial charge is 0.306 e. The number of esters is 1. The summed E-state index contributed by atoms with van der Waals surface area (Å²) in [4.78, 5) is 14.2. The normalized spacial score (nSPS) is 29.8. The zero-order valence-corrected chi connectivity index (χ0v) is 13.4. The summed E-state index contributed by atoms with van der Waals surface area (Å²) in [6, 6.07) is 10.7. The third-order valence-corrected chi connectivity index (χ3v) is 4.43. The fraction of sp³-hybridized carbons (Fsp3) is 0.562. The SMILES string of the molecule is CCC(=O)OC1(c2ccccc2)CC(C)N(C)C1C.Cl. The van der Waals surface area contributed by atoms with E-state index in [1.807, 2.05) is 25.1 Å². The van der Waals surface area contributed by atoms with Gasteiger partial charge in [0.2, 0.25) is 0 Å². The number of rotatable bonds is 3. The van der Waals surface area contributed by atoms with Crippen LogP contribution in [0.25, 0.3) is 0 Å². The lowest BCUT2D eigenvalue weighted by molar-refractivity contribution is -0.163. The molecule has 20 heavy (non-hydrogen) atoms. The molecular weight excluding hydrogens is 274 g/mol. The summed E-state index contributed by atoms with van der Waals surface area (Å²) in [6.07, 6.45) is 1.26. The lowest BCUT2D eigenvalue weighted by atomic mass is 9.86. The molecule has 0 saturated carbocycles. The van der Waals surface area contributed by atoms with Crippen LogP contribution < -0.4 is 0 Å². The Kier molecular flexibility index (Phi) is 5.60. The maximum atomic E-state index is 11.9. The van der Waals surface area contributed by atoms with Gasteiger partial charge in [0.05, 0.1) is 6.04 Å². The highest BCUT2D eigenvalue weighted by Gasteiger charge is 2.51. The predicted molar refractivity (Wildman–Crippen MR) is 83.1 cm³/mol. The van der Waals surface area contributed by atoms with Crippen molar-refractivity contribution in [3.05, 3.63) is 35.9 Å². The molecule has 0 N–H and O–H groups in total. The number of likely N-dealkylation sites (tertiary alicyclic amines) is 1. The van der Waals surface area contributed by atoms with E-state index in [9.17, 15) is 4.79 Å². The summed E-state index contributed by atoms with van der Waals surface area (Å²) >= 11 is 0. The van der Waals surface area contributed by atoms with Crippen molar-refractivity contribution in [2.45, 2.75) is 51.3 Å². The molecule has 0 bridgehead atoms. The molecule has 0 aromatic heterocycles. The molecule has 1 fully saturated rings. The average molecular weight is 298 g/mol. The van der Waals surface area contributed by atoms with Crippen LogP contribution in [-0.4, -0.2) is 30.0 Å². The van der Waals surface area contributed by atoms with Gasteiger partial charge < -0.3 is 4.74 Å². The Balaban J connectivity index is 0.00000200. The summed E-state index contributed by atoms with van der Waals surface area (Å²) in [5, 5.41) is 0. The molecule has 0 amide bonds. The van der Waals surface area contributed by atoms with Gasteiger partial charge in [-0.15, -0.1) is 12.4 Å². The second kappa shape index (κ2) is 6.59. The average Bonchev–Trinajstić information content (AvgIpc) is 2.65. The van der Waals surface area contributed by atoms with Crippen molar-refractivity contribution in [3.63, 3.8) is 0 Å². The van der Waals surface area contributed by atoms with Crippen LogP contribution >= 0.6 is 12.4 Å². The third kappa shape index (κ3) is 2.84. The molecule has 0 radical (unpaired) electrons. The van der Waals surface area contributed by atoms with E-state index >= 15 is 0 Å². The lowest BCUT2D eigenvalue weighted by Gasteiger charge is -2.35. The summed E-state index contributed by atoms with van der Waals surface area (Å²) in [5.74, 6) is -0.127. The van der Waals surface area contributed by atoms with E-state index in [4.69, 9.17) is 4.74 Å². The van der Waals surface area contributed by atoms with Crippen molar-refractivity contribution in [1.29, 1.82) is 0 Å². The van der Waals surface area contributed by atoms with Crippen LogP contribution in [0.5, 0.6) is 0 Å². The monoisotopic (exact) mass is 297 g/mol. The summed E-state index contributed by atoms with van der Waals surface area (Å²) in [6.45, 7) is 6.16. The number of benzene rings is 1. The maximum Gasteiger partial charge on any atom is 0.306 e. The number of nitrogens with zero attached hydrogens (tertiary/aromatic N) is 1. The fourth-order valence-electron chi connectivity index (χ4n) is 3.00. The van der Waals surface area contributed by atoms with Gasteiger partial charge in [-0.3, -0.25) is 9.69 Å². The molecule has 1 aliphatic rings. The van der Waals surface area contributed by atoms with E-state index in [-0.39, 0.29) is 24.4 Å². The van der Waals surface area contributed by atoms with Crippen LogP contribution in [0.2, 0.25) is 0 Å². The van der Waals surface area contributed by atoms with Gasteiger partial charge >= 0.3 is 5.97 Å². The minimum absolute atomic E-state index is 0. The zero-order chi connectivity index (χ0) is 14.0. The van der Waals surface area contributed by atoms with Crippen LogP contribution in [0.1, 0.15) is 39.2 Å². The highest BCUT2D eigenvalue weighted by atomic mass is 35.5. The Hall–Kier alpha value is -1.06. The first kappa shape index (κ1) is 17.0. The molecule has 2 rings (SSSR count). The van der Waals surface area contributed by atoms with E-state index in [0.29, 0.717) is 12.5 Å². The number of hydrogen-bond acceptors (Lipinski definition) is 3. The molecule has 1 aromatic rings. The van der Waals surface area contributed by atoms with Crippen molar-refractivity contribution in [2.24, 2.45) is 0 Å². The first-order chi connectivity index (χ1) is 9.01. The molecule has 0 aliphatic carbocycles. The molecule has 1 heterocycles. The maximum absolute atomic E-state index is 11.9. The van der Waals surface area contributed by atoms with Gasteiger partial charge in [0.25, 0.3) is 0 Å². The number of ether oxygens (including phenoxy) is 1. The number of halogens is 1. The van der Waals surface area contributed by atoms with Gasteiger partial charge in [-0.25, -0.2) is 0 Å². The third-order valence-electron chi connectivity index (χ3n) is 4.43. The Morgan fingerprint density at radius 3 is 2.40 bits per heavy atom. The Morgan fingerprint density at radius 1 is 1.35 bits per heavy atom. The lowest BCUT2D eigenvalue weighted by Crippen LogP contribution is -2.42. The van der Waals surface area contributed by atoms with Crippen LogP contribution in [0.4, 0.5) is 0 Å².